The van der Waals surface area contributed by atoms with Gasteiger partial charge in [-0.1, -0.05) is 58.0 Å². The molecule has 3 fully saturated rings. The van der Waals surface area contributed by atoms with Crippen molar-refractivity contribution >= 4 is 46.3 Å². The number of aromatic nitrogens is 2. The SMILES string of the molecule is COC(=O)N[C@H](C(=O)N1C2CCC(C2)C1C1=NC=C(c2ccc(-c3ccc4nc([C@@H]5CCCN5C(=O)[C@@H](NC(=O)OC)C(C)C)[nH]c4c3)cc2)C1)C(C)C. The molecule has 0 radical (unpaired) electrons. The van der Waals surface area contributed by atoms with Gasteiger partial charge in [-0.3, -0.25) is 14.6 Å². The number of carbonyl (C=O) groups excluding carboxylic acids is 4. The molecule has 3 N–H and O–H groups in total. The monoisotopic (exact) mass is 737 g/mol. The molecule has 286 valence electrons. The van der Waals surface area contributed by atoms with Gasteiger partial charge in [0.05, 0.1) is 37.3 Å². The fraction of sp³-hybridized carbons (Fsp3) is 0.512. The number of aromatic amines is 1. The number of aliphatic imine (C=N–C) groups is 1. The van der Waals surface area contributed by atoms with Gasteiger partial charge in [-0.2, -0.15) is 0 Å². The van der Waals surface area contributed by atoms with Crippen LogP contribution in [0.4, 0.5) is 9.59 Å². The number of H-pyrrole nitrogens is 1. The normalized spacial score (nSPS) is 23.1. The zero-order valence-electron chi connectivity index (χ0n) is 31.9. The number of rotatable bonds is 10. The number of amides is 4. The van der Waals surface area contributed by atoms with E-state index in [1.807, 2.05) is 49.8 Å². The van der Waals surface area contributed by atoms with Gasteiger partial charge in [0.2, 0.25) is 11.8 Å². The Morgan fingerprint density at radius 3 is 2.15 bits per heavy atom. The highest BCUT2D eigenvalue weighted by Crippen LogP contribution is 2.45. The Hall–Kier alpha value is -5.20. The lowest BCUT2D eigenvalue weighted by molar-refractivity contribution is -0.137. The van der Waals surface area contributed by atoms with Crippen LogP contribution < -0.4 is 10.6 Å². The summed E-state index contributed by atoms with van der Waals surface area (Å²) in [5.41, 5.74) is 7.03. The summed E-state index contributed by atoms with van der Waals surface area (Å²) in [5.74, 6) is 0.724. The van der Waals surface area contributed by atoms with Crippen LogP contribution >= 0.6 is 0 Å². The molecule has 1 saturated carbocycles. The van der Waals surface area contributed by atoms with Gasteiger partial charge in [-0.25, -0.2) is 14.6 Å². The van der Waals surface area contributed by atoms with Crippen molar-refractivity contribution < 1.29 is 28.7 Å². The van der Waals surface area contributed by atoms with E-state index in [-0.39, 0.29) is 41.8 Å². The zero-order chi connectivity index (χ0) is 38.3. The number of hydrogen-bond donors (Lipinski definition) is 3. The van der Waals surface area contributed by atoms with Crippen molar-refractivity contribution in [2.24, 2.45) is 22.7 Å². The topological polar surface area (TPSA) is 158 Å². The van der Waals surface area contributed by atoms with Crippen molar-refractivity contribution in [1.82, 2.24) is 30.4 Å². The number of fused-ring (bicyclic) bond motifs is 3. The molecule has 2 aromatic carbocycles. The number of allylic oxidation sites excluding steroid dienone is 1. The van der Waals surface area contributed by atoms with E-state index in [0.717, 1.165) is 76.9 Å². The number of methoxy groups -OCH3 is 2. The number of imidazole rings is 1. The number of carbonyl (C=O) groups is 4. The maximum absolute atomic E-state index is 13.9. The van der Waals surface area contributed by atoms with E-state index in [1.165, 1.54) is 14.2 Å². The molecule has 2 bridgehead atoms. The summed E-state index contributed by atoms with van der Waals surface area (Å²) in [4.78, 5) is 68.7. The van der Waals surface area contributed by atoms with Crippen LogP contribution in [0.3, 0.4) is 0 Å². The summed E-state index contributed by atoms with van der Waals surface area (Å²) in [5, 5.41) is 5.48. The lowest BCUT2D eigenvalue weighted by Crippen LogP contribution is -2.57. The molecule has 6 atom stereocenters. The fourth-order valence-corrected chi connectivity index (χ4v) is 8.84. The first kappa shape index (κ1) is 37.1. The highest BCUT2D eigenvalue weighted by Gasteiger charge is 2.52. The molecule has 13 heteroatoms. The van der Waals surface area contributed by atoms with Crippen LogP contribution in [0, 0.1) is 17.8 Å². The minimum atomic E-state index is -0.689. The second-order valence-corrected chi connectivity index (χ2v) is 15.7. The molecular formula is C41H51N7O6. The Kier molecular flexibility index (Phi) is 10.5. The molecule has 7 rings (SSSR count). The van der Waals surface area contributed by atoms with Gasteiger partial charge in [0.1, 0.15) is 17.9 Å². The van der Waals surface area contributed by atoms with E-state index in [9.17, 15) is 19.2 Å². The van der Waals surface area contributed by atoms with E-state index in [4.69, 9.17) is 19.5 Å². The van der Waals surface area contributed by atoms with Crippen molar-refractivity contribution in [3.8, 4) is 11.1 Å². The number of nitrogens with zero attached hydrogens (tertiary/aromatic N) is 4. The Bertz CT molecular complexity index is 1980. The van der Waals surface area contributed by atoms with Gasteiger partial charge in [0, 0.05) is 30.9 Å². The number of alkyl carbamates (subject to hydrolysis) is 2. The van der Waals surface area contributed by atoms with E-state index in [0.29, 0.717) is 18.9 Å². The van der Waals surface area contributed by atoms with Gasteiger partial charge in [0.25, 0.3) is 0 Å². The Morgan fingerprint density at radius 2 is 1.48 bits per heavy atom. The Morgan fingerprint density at radius 1 is 0.833 bits per heavy atom. The Labute approximate surface area is 315 Å². The molecular weight excluding hydrogens is 686 g/mol. The van der Waals surface area contributed by atoms with E-state index in [2.05, 4.69) is 52.0 Å². The van der Waals surface area contributed by atoms with Crippen LogP contribution in [0.1, 0.15) is 83.6 Å². The molecule has 4 aliphatic rings. The molecule has 3 aromatic rings. The molecule has 4 heterocycles. The third-order valence-electron chi connectivity index (χ3n) is 11.7. The molecule has 1 aromatic heterocycles. The predicted octanol–water partition coefficient (Wildman–Crippen LogP) is 6.22. The molecule has 0 spiro atoms. The zero-order valence-corrected chi connectivity index (χ0v) is 31.9. The second-order valence-electron chi connectivity index (χ2n) is 15.7. The van der Waals surface area contributed by atoms with Crippen LogP contribution in [0.25, 0.3) is 27.7 Å². The molecule has 2 saturated heterocycles. The first-order valence-corrected chi connectivity index (χ1v) is 19.1. The van der Waals surface area contributed by atoms with Crippen LogP contribution in [-0.4, -0.2) is 94.4 Å². The van der Waals surface area contributed by atoms with Crippen LogP contribution in [0.2, 0.25) is 0 Å². The first-order valence-electron chi connectivity index (χ1n) is 19.1. The number of ether oxygens (including phenoxy) is 2. The van der Waals surface area contributed by atoms with Crippen molar-refractivity contribution in [3.63, 3.8) is 0 Å². The summed E-state index contributed by atoms with van der Waals surface area (Å²) in [7, 11) is 2.61. The van der Waals surface area contributed by atoms with Crippen molar-refractivity contribution in [2.45, 2.75) is 96.4 Å². The maximum Gasteiger partial charge on any atom is 0.407 e. The second kappa shape index (κ2) is 15.3. The lowest BCUT2D eigenvalue weighted by Gasteiger charge is -2.38. The number of nitrogens with one attached hydrogen (secondary N) is 3. The quantitative estimate of drug-likeness (QED) is 0.223. The fourth-order valence-electron chi connectivity index (χ4n) is 8.84. The summed E-state index contributed by atoms with van der Waals surface area (Å²) in [6.45, 7) is 8.28. The summed E-state index contributed by atoms with van der Waals surface area (Å²) >= 11 is 0. The molecule has 54 heavy (non-hydrogen) atoms. The lowest BCUT2D eigenvalue weighted by atomic mass is 9.89. The highest BCUT2D eigenvalue weighted by molar-refractivity contribution is 6.04. The van der Waals surface area contributed by atoms with Gasteiger partial charge in [0.15, 0.2) is 0 Å². The highest BCUT2D eigenvalue weighted by atomic mass is 16.5. The summed E-state index contributed by atoms with van der Waals surface area (Å²) in [6, 6.07) is 13.2. The van der Waals surface area contributed by atoms with Crippen LogP contribution in [-0.2, 0) is 19.1 Å². The number of likely N-dealkylation sites (tertiary alicyclic amines) is 2. The summed E-state index contributed by atoms with van der Waals surface area (Å²) < 4.78 is 9.59. The van der Waals surface area contributed by atoms with Crippen LogP contribution in [0.5, 0.6) is 0 Å². The first-order chi connectivity index (χ1) is 26.0. The number of hydrogen-bond acceptors (Lipinski definition) is 8. The standard InChI is InChI=1S/C41H51N7O6/c1-22(2)34(45-40(51)53-5)38(49)47-17-7-8-33(47)37-43-30-16-14-26(19-31(30)44-37)24-9-11-25(12-10-24)28-20-32(42-21-28)36-27-13-15-29(18-27)48(36)39(50)35(23(3)4)46-41(52)54-6/h9-12,14,16,19,21-23,27,29,33-36H,7-8,13,15,17-18,20H2,1-6H3,(H,43,44)(H,45,51)(H,46,52)/t27?,29?,33-,34-,35-,36?/m0/s1. The molecule has 1 aliphatic carbocycles. The molecule has 3 aliphatic heterocycles. The molecule has 4 amide bonds. The minimum Gasteiger partial charge on any atom is -0.453 e. The van der Waals surface area contributed by atoms with Crippen molar-refractivity contribution in [2.75, 3.05) is 20.8 Å². The minimum absolute atomic E-state index is 0.0591. The number of benzene rings is 2. The molecule has 3 unspecified atom stereocenters. The smallest absolute Gasteiger partial charge is 0.407 e. The van der Waals surface area contributed by atoms with Crippen molar-refractivity contribution in [1.29, 1.82) is 0 Å². The van der Waals surface area contributed by atoms with Crippen molar-refractivity contribution in [3.05, 3.63) is 60.1 Å². The van der Waals surface area contributed by atoms with Gasteiger partial charge < -0.3 is 34.9 Å². The van der Waals surface area contributed by atoms with Gasteiger partial charge in [-0.15, -0.1) is 0 Å². The maximum atomic E-state index is 13.9. The van der Waals surface area contributed by atoms with E-state index in [1.54, 1.807) is 0 Å². The number of piperidine rings is 1. The van der Waals surface area contributed by atoms with Crippen LogP contribution in [0.15, 0.2) is 53.7 Å². The predicted molar refractivity (Wildman–Crippen MR) is 205 cm³/mol. The molecule has 13 nitrogen and oxygen atoms in total. The third-order valence-corrected chi connectivity index (χ3v) is 11.7. The van der Waals surface area contributed by atoms with E-state index < -0.39 is 24.3 Å². The third kappa shape index (κ3) is 7.07. The Balaban J connectivity index is 1.03. The van der Waals surface area contributed by atoms with Gasteiger partial charge >= 0.3 is 12.2 Å². The van der Waals surface area contributed by atoms with E-state index >= 15 is 0 Å². The largest absolute Gasteiger partial charge is 0.453 e. The average molecular weight is 738 g/mol. The van der Waals surface area contributed by atoms with Gasteiger partial charge in [-0.05, 0) is 84.3 Å². The average Bonchev–Trinajstić information content (AvgIpc) is 4.02. The summed E-state index contributed by atoms with van der Waals surface area (Å²) in [6.07, 6.45) is 6.05.